The molecule has 25 heavy (non-hydrogen) atoms. The molecule has 1 N–H and O–H groups in total. The maximum atomic E-state index is 12.7. The largest absolute Gasteiger partial charge is 0.494 e. The van der Waals surface area contributed by atoms with Crippen LogP contribution in [0.4, 0.5) is 0 Å². The van der Waals surface area contributed by atoms with Gasteiger partial charge in [0.2, 0.25) is 0 Å². The van der Waals surface area contributed by atoms with Gasteiger partial charge in [0.15, 0.2) is 5.82 Å². The minimum atomic E-state index is -0.263. The number of ether oxygens (including phenoxy) is 2. The van der Waals surface area contributed by atoms with Gasteiger partial charge >= 0.3 is 0 Å². The topological polar surface area (TPSA) is 80.3 Å². The van der Waals surface area contributed by atoms with Crippen molar-refractivity contribution in [3.8, 4) is 5.75 Å². The van der Waals surface area contributed by atoms with Crippen molar-refractivity contribution in [1.82, 2.24) is 20.1 Å². The third-order valence-electron chi connectivity index (χ3n) is 4.21. The zero-order chi connectivity index (χ0) is 17.5. The van der Waals surface area contributed by atoms with Crippen LogP contribution < -0.4 is 4.74 Å². The van der Waals surface area contributed by atoms with Crippen LogP contribution in [0.3, 0.4) is 0 Å². The van der Waals surface area contributed by atoms with Crippen LogP contribution in [0.1, 0.15) is 48.5 Å². The summed E-state index contributed by atoms with van der Waals surface area (Å²) in [6.07, 6.45) is 4.57. The molecule has 7 nitrogen and oxygen atoms in total. The highest BCUT2D eigenvalue weighted by atomic mass is 16.5. The van der Waals surface area contributed by atoms with E-state index in [1.165, 1.54) is 19.2 Å². The maximum absolute atomic E-state index is 12.7. The summed E-state index contributed by atoms with van der Waals surface area (Å²) in [5.41, 5.74) is 0.652. The monoisotopic (exact) mass is 344 g/mol. The van der Waals surface area contributed by atoms with Gasteiger partial charge in [0.25, 0.3) is 5.91 Å². The van der Waals surface area contributed by atoms with E-state index in [-0.39, 0.29) is 12.0 Å². The molecule has 1 aromatic carbocycles. The lowest BCUT2D eigenvalue weighted by Crippen LogP contribution is -2.42. The molecule has 3 rings (SSSR count). The van der Waals surface area contributed by atoms with Crippen molar-refractivity contribution in [3.63, 3.8) is 0 Å². The highest BCUT2D eigenvalue weighted by Crippen LogP contribution is 2.21. The number of nitrogens with one attached hydrogen (secondary N) is 1. The Kier molecular flexibility index (Phi) is 6.00. The number of H-pyrrole nitrogens is 1. The first-order chi connectivity index (χ1) is 12.3. The number of carbonyl (C=O) groups excluding carboxylic acids is 1. The summed E-state index contributed by atoms with van der Waals surface area (Å²) >= 11 is 0. The first-order valence-corrected chi connectivity index (χ1v) is 8.77. The number of hydrogen-bond acceptors (Lipinski definition) is 5. The second kappa shape index (κ2) is 8.62. The number of carbonyl (C=O) groups is 1. The van der Waals surface area contributed by atoms with Crippen LogP contribution in [0.5, 0.6) is 5.75 Å². The zero-order valence-electron chi connectivity index (χ0n) is 14.5. The molecular weight excluding hydrogens is 320 g/mol. The van der Waals surface area contributed by atoms with Crippen LogP contribution in [-0.2, 0) is 4.74 Å². The van der Waals surface area contributed by atoms with Gasteiger partial charge in [-0.3, -0.25) is 9.89 Å². The molecule has 7 heteroatoms. The van der Waals surface area contributed by atoms with Gasteiger partial charge in [-0.1, -0.05) is 19.8 Å². The second-order valence-corrected chi connectivity index (χ2v) is 6.06. The van der Waals surface area contributed by atoms with Crippen molar-refractivity contribution in [2.75, 3.05) is 26.3 Å². The fourth-order valence-electron chi connectivity index (χ4n) is 2.79. The molecular formula is C18H24N4O3. The second-order valence-electron chi connectivity index (χ2n) is 6.06. The number of nitrogens with zero attached hydrogens (tertiary/aromatic N) is 3. The fourth-order valence-corrected chi connectivity index (χ4v) is 2.79. The molecule has 0 aliphatic carbocycles. The molecule has 1 aliphatic rings. The van der Waals surface area contributed by atoms with Gasteiger partial charge in [-0.05, 0) is 30.7 Å². The van der Waals surface area contributed by atoms with Gasteiger partial charge in [-0.2, -0.15) is 5.10 Å². The number of amides is 1. The van der Waals surface area contributed by atoms with Crippen molar-refractivity contribution in [3.05, 3.63) is 42.0 Å². The SMILES string of the molecule is CCCCCOc1ccc(C(=O)N2CCOC(c3ncn[nH]3)C2)cc1. The molecule has 2 heterocycles. The lowest BCUT2D eigenvalue weighted by molar-refractivity contribution is -0.0266. The Hall–Kier alpha value is -2.41. The van der Waals surface area contributed by atoms with Gasteiger partial charge in [0, 0.05) is 12.1 Å². The van der Waals surface area contributed by atoms with Gasteiger partial charge in [0.1, 0.15) is 18.2 Å². The van der Waals surface area contributed by atoms with E-state index in [4.69, 9.17) is 9.47 Å². The summed E-state index contributed by atoms with van der Waals surface area (Å²) in [5.74, 6) is 1.44. The maximum Gasteiger partial charge on any atom is 0.254 e. The number of hydrogen-bond donors (Lipinski definition) is 1. The Morgan fingerprint density at radius 1 is 1.36 bits per heavy atom. The predicted molar refractivity (Wildman–Crippen MR) is 92.4 cm³/mol. The van der Waals surface area contributed by atoms with Crippen molar-refractivity contribution in [2.45, 2.75) is 32.3 Å². The molecule has 1 fully saturated rings. The summed E-state index contributed by atoms with van der Waals surface area (Å²) in [6.45, 7) is 4.39. The van der Waals surface area contributed by atoms with Crippen LogP contribution in [-0.4, -0.2) is 52.3 Å². The highest BCUT2D eigenvalue weighted by molar-refractivity contribution is 5.94. The molecule has 0 bridgehead atoms. The van der Waals surface area contributed by atoms with E-state index >= 15 is 0 Å². The van der Waals surface area contributed by atoms with E-state index in [1.54, 1.807) is 4.90 Å². The quantitative estimate of drug-likeness (QED) is 0.781. The van der Waals surface area contributed by atoms with Crippen molar-refractivity contribution in [2.24, 2.45) is 0 Å². The molecule has 1 atom stereocenters. The van der Waals surface area contributed by atoms with Gasteiger partial charge in [0.05, 0.1) is 19.8 Å². The number of rotatable bonds is 7. The van der Waals surface area contributed by atoms with Gasteiger partial charge in [-0.15, -0.1) is 0 Å². The van der Waals surface area contributed by atoms with E-state index in [0.29, 0.717) is 37.7 Å². The lowest BCUT2D eigenvalue weighted by Gasteiger charge is -2.31. The van der Waals surface area contributed by atoms with E-state index in [9.17, 15) is 4.79 Å². The van der Waals surface area contributed by atoms with Crippen LogP contribution >= 0.6 is 0 Å². The van der Waals surface area contributed by atoms with E-state index in [0.717, 1.165) is 12.2 Å². The van der Waals surface area contributed by atoms with Crippen LogP contribution in [0.2, 0.25) is 0 Å². The smallest absolute Gasteiger partial charge is 0.254 e. The molecule has 0 saturated carbocycles. The summed E-state index contributed by atoms with van der Waals surface area (Å²) < 4.78 is 11.4. The first kappa shape index (κ1) is 17.4. The Bertz CT molecular complexity index is 657. The minimum absolute atomic E-state index is 0.00894. The van der Waals surface area contributed by atoms with Crippen LogP contribution in [0.15, 0.2) is 30.6 Å². The van der Waals surface area contributed by atoms with Crippen LogP contribution in [0.25, 0.3) is 0 Å². The van der Waals surface area contributed by atoms with Crippen molar-refractivity contribution >= 4 is 5.91 Å². The molecule has 0 radical (unpaired) electrons. The normalized spacial score (nSPS) is 17.5. The Morgan fingerprint density at radius 2 is 2.20 bits per heavy atom. The summed E-state index contributed by atoms with van der Waals surface area (Å²) in [6, 6.07) is 7.34. The Morgan fingerprint density at radius 3 is 2.92 bits per heavy atom. The molecule has 0 spiro atoms. The summed E-state index contributed by atoms with van der Waals surface area (Å²) in [7, 11) is 0. The summed E-state index contributed by atoms with van der Waals surface area (Å²) in [4.78, 5) is 18.6. The molecule has 134 valence electrons. The number of benzene rings is 1. The number of aromatic amines is 1. The number of aromatic nitrogens is 3. The van der Waals surface area contributed by atoms with E-state index < -0.39 is 0 Å². The molecule has 1 unspecified atom stereocenters. The standard InChI is InChI=1S/C18H24N4O3/c1-2-3-4-10-24-15-7-5-14(6-8-15)18(23)22-9-11-25-16(12-22)17-19-13-20-21-17/h5-8,13,16H,2-4,9-12H2,1H3,(H,19,20,21). The van der Waals surface area contributed by atoms with Gasteiger partial charge in [-0.25, -0.2) is 4.98 Å². The third kappa shape index (κ3) is 4.57. The zero-order valence-corrected chi connectivity index (χ0v) is 14.5. The lowest BCUT2D eigenvalue weighted by atomic mass is 10.1. The van der Waals surface area contributed by atoms with Crippen molar-refractivity contribution < 1.29 is 14.3 Å². The van der Waals surface area contributed by atoms with Crippen molar-refractivity contribution in [1.29, 1.82) is 0 Å². The average Bonchev–Trinajstić information content (AvgIpc) is 3.20. The summed E-state index contributed by atoms with van der Waals surface area (Å²) in [5, 5.41) is 6.64. The molecule has 1 aromatic heterocycles. The molecule has 1 aliphatic heterocycles. The molecule has 2 aromatic rings. The Balaban J connectivity index is 1.56. The third-order valence-corrected chi connectivity index (χ3v) is 4.21. The highest BCUT2D eigenvalue weighted by Gasteiger charge is 2.27. The number of morpholine rings is 1. The van der Waals surface area contributed by atoms with E-state index in [1.807, 2.05) is 24.3 Å². The predicted octanol–water partition coefficient (Wildman–Crippen LogP) is 2.59. The minimum Gasteiger partial charge on any atom is -0.494 e. The van der Waals surface area contributed by atoms with Crippen LogP contribution in [0, 0.1) is 0 Å². The Labute approximate surface area is 147 Å². The molecule has 1 saturated heterocycles. The molecule has 1 amide bonds. The van der Waals surface area contributed by atoms with Gasteiger partial charge < -0.3 is 14.4 Å². The van der Waals surface area contributed by atoms with E-state index in [2.05, 4.69) is 22.1 Å². The average molecular weight is 344 g/mol. The fraction of sp³-hybridized carbons (Fsp3) is 0.500. The number of unbranched alkanes of at least 4 members (excludes halogenated alkanes) is 2. The first-order valence-electron chi connectivity index (χ1n) is 8.77.